The zero-order chi connectivity index (χ0) is 12.6. The number of carbonyl (C=O) groups is 1. The van der Waals surface area contributed by atoms with Gasteiger partial charge in [0, 0.05) is 18.7 Å². The lowest BCUT2D eigenvalue weighted by Crippen LogP contribution is -2.29. The molecule has 0 aromatic heterocycles. The largest absolute Gasteiger partial charge is 0.388 e. The molecular formula is C13H17NO3. The van der Waals surface area contributed by atoms with Gasteiger partial charge in [0.05, 0.1) is 12.2 Å². The molecule has 17 heavy (non-hydrogen) atoms. The molecule has 1 aromatic carbocycles. The molecule has 0 radical (unpaired) electrons. The fourth-order valence-electron chi connectivity index (χ4n) is 1.99. The zero-order valence-electron chi connectivity index (χ0n) is 10.1. The van der Waals surface area contributed by atoms with Gasteiger partial charge in [-0.3, -0.25) is 4.79 Å². The number of aliphatic hydroxyl groups is 2. The lowest BCUT2D eigenvalue weighted by Gasteiger charge is -2.16. The van der Waals surface area contributed by atoms with Crippen LogP contribution in [0.25, 0.3) is 0 Å². The molecule has 92 valence electrons. The maximum Gasteiger partial charge on any atom is 0.254 e. The van der Waals surface area contributed by atoms with Crippen LogP contribution < -0.4 is 0 Å². The number of rotatable bonds is 1. The van der Waals surface area contributed by atoms with Gasteiger partial charge in [-0.15, -0.1) is 0 Å². The SMILES string of the molecule is Cc1ccc(C(=O)N2CC(O)C(O)C2)cc1C. The van der Waals surface area contributed by atoms with Crippen LogP contribution in [0.4, 0.5) is 0 Å². The number of aliphatic hydroxyl groups excluding tert-OH is 2. The Hall–Kier alpha value is -1.39. The molecule has 1 aliphatic rings. The van der Waals surface area contributed by atoms with Crippen LogP contribution in [0.2, 0.25) is 0 Å². The highest BCUT2D eigenvalue weighted by Crippen LogP contribution is 2.16. The number of nitrogens with zero attached hydrogens (tertiary/aromatic N) is 1. The van der Waals surface area contributed by atoms with Gasteiger partial charge in [-0.05, 0) is 37.1 Å². The van der Waals surface area contributed by atoms with Crippen LogP contribution in [-0.4, -0.2) is 46.3 Å². The lowest BCUT2D eigenvalue weighted by atomic mass is 10.1. The van der Waals surface area contributed by atoms with Gasteiger partial charge in [-0.1, -0.05) is 6.07 Å². The molecule has 2 atom stereocenters. The number of aryl methyl sites for hydroxylation is 2. The number of amides is 1. The Balaban J connectivity index is 2.17. The quantitative estimate of drug-likeness (QED) is 0.744. The molecule has 1 amide bonds. The van der Waals surface area contributed by atoms with E-state index in [0.29, 0.717) is 5.56 Å². The number of likely N-dealkylation sites (tertiary alicyclic amines) is 1. The van der Waals surface area contributed by atoms with Gasteiger partial charge >= 0.3 is 0 Å². The predicted octanol–water partition coefficient (Wildman–Crippen LogP) is 0.481. The van der Waals surface area contributed by atoms with E-state index in [1.54, 1.807) is 6.07 Å². The summed E-state index contributed by atoms with van der Waals surface area (Å²) in [7, 11) is 0. The van der Waals surface area contributed by atoms with Gasteiger partial charge in [0.1, 0.15) is 0 Å². The molecule has 0 bridgehead atoms. The van der Waals surface area contributed by atoms with Crippen molar-refractivity contribution in [2.24, 2.45) is 0 Å². The summed E-state index contributed by atoms with van der Waals surface area (Å²) in [6, 6.07) is 5.53. The molecule has 0 saturated carbocycles. The fourth-order valence-corrected chi connectivity index (χ4v) is 1.99. The zero-order valence-corrected chi connectivity index (χ0v) is 10.1. The van der Waals surface area contributed by atoms with Crippen LogP contribution in [0, 0.1) is 13.8 Å². The van der Waals surface area contributed by atoms with E-state index in [1.807, 2.05) is 26.0 Å². The topological polar surface area (TPSA) is 60.8 Å². The van der Waals surface area contributed by atoms with Gasteiger partial charge < -0.3 is 15.1 Å². The molecule has 1 aliphatic heterocycles. The van der Waals surface area contributed by atoms with Crippen molar-refractivity contribution in [1.29, 1.82) is 0 Å². The maximum absolute atomic E-state index is 12.1. The standard InChI is InChI=1S/C13H17NO3/c1-8-3-4-10(5-9(8)2)13(17)14-6-11(15)12(16)7-14/h3-5,11-12,15-16H,6-7H2,1-2H3. The van der Waals surface area contributed by atoms with E-state index in [0.717, 1.165) is 11.1 Å². The molecular weight excluding hydrogens is 218 g/mol. The fraction of sp³-hybridized carbons (Fsp3) is 0.462. The number of β-amino-alcohol motifs (C(OH)–C–C–N with tert-alkyl or cyclic N) is 2. The van der Waals surface area contributed by atoms with Crippen molar-refractivity contribution in [2.45, 2.75) is 26.1 Å². The minimum Gasteiger partial charge on any atom is -0.388 e. The predicted molar refractivity (Wildman–Crippen MR) is 63.8 cm³/mol. The third-order valence-corrected chi connectivity index (χ3v) is 3.30. The van der Waals surface area contributed by atoms with Crippen molar-refractivity contribution in [3.8, 4) is 0 Å². The van der Waals surface area contributed by atoms with Crippen LogP contribution in [0.5, 0.6) is 0 Å². The summed E-state index contributed by atoms with van der Waals surface area (Å²) in [5.41, 5.74) is 2.81. The van der Waals surface area contributed by atoms with E-state index in [1.165, 1.54) is 4.90 Å². The Morgan fingerprint density at radius 2 is 1.76 bits per heavy atom. The van der Waals surface area contributed by atoms with Crippen LogP contribution >= 0.6 is 0 Å². The van der Waals surface area contributed by atoms with Gasteiger partial charge in [0.25, 0.3) is 5.91 Å². The lowest BCUT2D eigenvalue weighted by molar-refractivity contribution is 0.0572. The summed E-state index contributed by atoms with van der Waals surface area (Å²) >= 11 is 0. The van der Waals surface area contributed by atoms with Crippen LogP contribution in [0.1, 0.15) is 21.5 Å². The normalized spacial score (nSPS) is 24.1. The Morgan fingerprint density at radius 1 is 1.18 bits per heavy atom. The molecule has 1 aromatic rings. The molecule has 1 saturated heterocycles. The van der Waals surface area contributed by atoms with E-state index in [4.69, 9.17) is 0 Å². The first-order chi connectivity index (χ1) is 7.99. The molecule has 4 nitrogen and oxygen atoms in total. The van der Waals surface area contributed by atoms with Gasteiger partial charge in [0.2, 0.25) is 0 Å². The maximum atomic E-state index is 12.1. The summed E-state index contributed by atoms with van der Waals surface area (Å²) < 4.78 is 0. The van der Waals surface area contributed by atoms with E-state index in [9.17, 15) is 15.0 Å². The Labute approximate surface area is 100 Å². The molecule has 0 aliphatic carbocycles. The van der Waals surface area contributed by atoms with Crippen LogP contribution in [0.15, 0.2) is 18.2 Å². The summed E-state index contributed by atoms with van der Waals surface area (Å²) in [4.78, 5) is 13.6. The van der Waals surface area contributed by atoms with Crippen molar-refractivity contribution in [2.75, 3.05) is 13.1 Å². The van der Waals surface area contributed by atoms with Crippen molar-refractivity contribution < 1.29 is 15.0 Å². The summed E-state index contributed by atoms with van der Waals surface area (Å²) in [5, 5.41) is 18.8. The summed E-state index contributed by atoms with van der Waals surface area (Å²) in [6.07, 6.45) is -1.66. The number of hydrogen-bond donors (Lipinski definition) is 2. The summed E-state index contributed by atoms with van der Waals surface area (Å²) in [5.74, 6) is -0.135. The first-order valence-electron chi connectivity index (χ1n) is 5.71. The minimum absolute atomic E-state index is 0.135. The molecule has 2 unspecified atom stereocenters. The van der Waals surface area contributed by atoms with Crippen molar-refractivity contribution in [3.63, 3.8) is 0 Å². The second-order valence-corrected chi connectivity index (χ2v) is 4.64. The van der Waals surface area contributed by atoms with E-state index in [-0.39, 0.29) is 19.0 Å². The number of carbonyl (C=O) groups excluding carboxylic acids is 1. The first-order valence-corrected chi connectivity index (χ1v) is 5.71. The minimum atomic E-state index is -0.828. The second kappa shape index (κ2) is 4.47. The Kier molecular flexibility index (Phi) is 3.17. The molecule has 1 fully saturated rings. The molecule has 2 N–H and O–H groups in total. The van der Waals surface area contributed by atoms with E-state index in [2.05, 4.69) is 0 Å². The van der Waals surface area contributed by atoms with Gasteiger partial charge in [-0.25, -0.2) is 0 Å². The third kappa shape index (κ3) is 2.33. The Morgan fingerprint density at radius 3 is 2.29 bits per heavy atom. The molecule has 1 heterocycles. The van der Waals surface area contributed by atoms with Crippen molar-refractivity contribution >= 4 is 5.91 Å². The number of benzene rings is 1. The smallest absolute Gasteiger partial charge is 0.254 e. The second-order valence-electron chi connectivity index (χ2n) is 4.64. The Bertz CT molecular complexity index is 434. The molecule has 4 heteroatoms. The first kappa shape index (κ1) is 12.1. The van der Waals surface area contributed by atoms with Gasteiger partial charge in [-0.2, -0.15) is 0 Å². The number of hydrogen-bond acceptors (Lipinski definition) is 3. The summed E-state index contributed by atoms with van der Waals surface area (Å²) in [6.45, 7) is 4.35. The van der Waals surface area contributed by atoms with E-state index >= 15 is 0 Å². The van der Waals surface area contributed by atoms with Crippen molar-refractivity contribution in [3.05, 3.63) is 34.9 Å². The third-order valence-electron chi connectivity index (χ3n) is 3.30. The van der Waals surface area contributed by atoms with Crippen LogP contribution in [0.3, 0.4) is 0 Å². The molecule has 0 spiro atoms. The van der Waals surface area contributed by atoms with Crippen molar-refractivity contribution in [1.82, 2.24) is 4.90 Å². The highest BCUT2D eigenvalue weighted by Gasteiger charge is 2.32. The highest BCUT2D eigenvalue weighted by molar-refractivity contribution is 5.94. The van der Waals surface area contributed by atoms with E-state index < -0.39 is 12.2 Å². The molecule has 2 rings (SSSR count). The average Bonchev–Trinajstić information content (AvgIpc) is 2.62. The average molecular weight is 235 g/mol. The highest BCUT2D eigenvalue weighted by atomic mass is 16.3. The monoisotopic (exact) mass is 235 g/mol. The van der Waals surface area contributed by atoms with Crippen LogP contribution in [-0.2, 0) is 0 Å². The van der Waals surface area contributed by atoms with Gasteiger partial charge in [0.15, 0.2) is 0 Å².